The number of amides is 1. The minimum absolute atomic E-state index is 0.401. The van der Waals surface area contributed by atoms with Gasteiger partial charge in [0.25, 0.3) is 0 Å². The van der Waals surface area contributed by atoms with E-state index in [-0.39, 0.29) is 0 Å². The standard InChI is InChI=1S/C18H29NO/c1-2-3-4-5-6-16-11-17(16)13-19(12-14-7-8-14)18(20)15-9-10-15/h3-4,14-17H,2,5-13H2,1H3/b4-3-/t16-,17-/m0/s1. The van der Waals surface area contributed by atoms with Crippen molar-refractivity contribution in [3.05, 3.63) is 12.2 Å². The van der Waals surface area contributed by atoms with Crippen LogP contribution in [0.15, 0.2) is 12.2 Å². The topological polar surface area (TPSA) is 20.3 Å². The molecule has 3 rings (SSSR count). The fourth-order valence-corrected chi connectivity index (χ4v) is 3.22. The van der Waals surface area contributed by atoms with Crippen LogP contribution in [0.4, 0.5) is 0 Å². The average molecular weight is 275 g/mol. The second-order valence-electron chi connectivity index (χ2n) is 7.17. The highest BCUT2D eigenvalue weighted by Gasteiger charge is 2.42. The number of nitrogens with zero attached hydrogens (tertiary/aromatic N) is 1. The lowest BCUT2D eigenvalue weighted by molar-refractivity contribution is -0.133. The van der Waals surface area contributed by atoms with Gasteiger partial charge in [0.15, 0.2) is 0 Å². The summed E-state index contributed by atoms with van der Waals surface area (Å²) in [5, 5.41) is 0. The lowest BCUT2D eigenvalue weighted by atomic mass is 10.1. The molecule has 0 aromatic heterocycles. The van der Waals surface area contributed by atoms with E-state index in [0.29, 0.717) is 11.8 Å². The Kier molecular flexibility index (Phi) is 4.48. The molecule has 0 saturated heterocycles. The van der Waals surface area contributed by atoms with E-state index >= 15 is 0 Å². The SMILES string of the molecule is CC/C=C\CC[C@H]1C[C@H]1CN(CC1CC1)C(=O)C1CC1. The van der Waals surface area contributed by atoms with E-state index in [1.165, 1.54) is 32.1 Å². The van der Waals surface area contributed by atoms with Crippen molar-refractivity contribution in [1.82, 2.24) is 4.90 Å². The number of carbonyl (C=O) groups excluding carboxylic acids is 1. The summed E-state index contributed by atoms with van der Waals surface area (Å²) in [5.74, 6) is 3.42. The lowest BCUT2D eigenvalue weighted by Crippen LogP contribution is -2.36. The van der Waals surface area contributed by atoms with Crippen molar-refractivity contribution in [2.45, 2.75) is 58.3 Å². The van der Waals surface area contributed by atoms with Crippen LogP contribution in [0.25, 0.3) is 0 Å². The first-order chi connectivity index (χ1) is 9.78. The van der Waals surface area contributed by atoms with Crippen molar-refractivity contribution in [3.63, 3.8) is 0 Å². The van der Waals surface area contributed by atoms with Crippen molar-refractivity contribution in [2.75, 3.05) is 13.1 Å². The number of carbonyl (C=O) groups is 1. The van der Waals surface area contributed by atoms with Crippen LogP contribution in [0.5, 0.6) is 0 Å². The Labute approximate surface area is 123 Å². The molecule has 0 aromatic rings. The molecule has 0 spiro atoms. The number of rotatable bonds is 9. The van der Waals surface area contributed by atoms with Crippen LogP contribution >= 0.6 is 0 Å². The zero-order valence-corrected chi connectivity index (χ0v) is 12.9. The third kappa shape index (κ3) is 4.10. The van der Waals surface area contributed by atoms with Crippen molar-refractivity contribution >= 4 is 5.91 Å². The van der Waals surface area contributed by atoms with E-state index in [1.807, 2.05) is 0 Å². The van der Waals surface area contributed by atoms with Crippen LogP contribution in [-0.4, -0.2) is 23.9 Å². The van der Waals surface area contributed by atoms with Crippen molar-refractivity contribution < 1.29 is 4.79 Å². The summed E-state index contributed by atoms with van der Waals surface area (Å²) in [6, 6.07) is 0. The Bertz CT molecular complexity index is 368. The fraction of sp³-hybridized carbons (Fsp3) is 0.833. The molecular weight excluding hydrogens is 246 g/mol. The molecule has 3 aliphatic carbocycles. The van der Waals surface area contributed by atoms with Crippen LogP contribution in [0.3, 0.4) is 0 Å². The summed E-state index contributed by atoms with van der Waals surface area (Å²) >= 11 is 0. The number of hydrogen-bond donors (Lipinski definition) is 0. The predicted molar refractivity (Wildman–Crippen MR) is 82.3 cm³/mol. The zero-order valence-electron chi connectivity index (χ0n) is 12.9. The smallest absolute Gasteiger partial charge is 0.225 e. The van der Waals surface area contributed by atoms with Crippen LogP contribution in [-0.2, 0) is 4.79 Å². The van der Waals surface area contributed by atoms with Crippen molar-refractivity contribution in [2.24, 2.45) is 23.7 Å². The molecule has 0 unspecified atom stereocenters. The van der Waals surface area contributed by atoms with Crippen LogP contribution in [0.2, 0.25) is 0 Å². The molecule has 0 N–H and O–H groups in total. The molecule has 0 radical (unpaired) electrons. The molecule has 2 heteroatoms. The first kappa shape index (κ1) is 14.2. The summed E-state index contributed by atoms with van der Waals surface area (Å²) in [6.45, 7) is 4.32. The van der Waals surface area contributed by atoms with Gasteiger partial charge in [0.1, 0.15) is 0 Å². The molecule has 3 saturated carbocycles. The van der Waals surface area contributed by atoms with Gasteiger partial charge in [-0.1, -0.05) is 19.1 Å². The number of hydrogen-bond acceptors (Lipinski definition) is 1. The Morgan fingerprint density at radius 3 is 2.55 bits per heavy atom. The highest BCUT2D eigenvalue weighted by atomic mass is 16.2. The Morgan fingerprint density at radius 2 is 1.90 bits per heavy atom. The average Bonchev–Trinajstić information content (AvgIpc) is 3.28. The quantitative estimate of drug-likeness (QED) is 0.582. The monoisotopic (exact) mass is 275 g/mol. The highest BCUT2D eigenvalue weighted by molar-refractivity contribution is 5.81. The summed E-state index contributed by atoms with van der Waals surface area (Å²) < 4.78 is 0. The molecule has 3 fully saturated rings. The second kappa shape index (κ2) is 6.32. The van der Waals surface area contributed by atoms with Crippen LogP contribution in [0, 0.1) is 23.7 Å². The van der Waals surface area contributed by atoms with Gasteiger partial charge in [0, 0.05) is 19.0 Å². The third-order valence-electron chi connectivity index (χ3n) is 5.04. The van der Waals surface area contributed by atoms with Crippen LogP contribution < -0.4 is 0 Å². The Hall–Kier alpha value is -0.790. The van der Waals surface area contributed by atoms with Gasteiger partial charge in [0.2, 0.25) is 5.91 Å². The molecule has 20 heavy (non-hydrogen) atoms. The maximum atomic E-state index is 12.4. The maximum Gasteiger partial charge on any atom is 0.225 e. The third-order valence-corrected chi connectivity index (χ3v) is 5.04. The fourth-order valence-electron chi connectivity index (χ4n) is 3.22. The van der Waals surface area contributed by atoms with Gasteiger partial charge >= 0.3 is 0 Å². The predicted octanol–water partition coefficient (Wildman–Crippen LogP) is 4.02. The van der Waals surface area contributed by atoms with Gasteiger partial charge in [-0.05, 0) is 69.1 Å². The first-order valence-corrected chi connectivity index (χ1v) is 8.71. The van der Waals surface area contributed by atoms with E-state index in [2.05, 4.69) is 24.0 Å². The zero-order chi connectivity index (χ0) is 13.9. The lowest BCUT2D eigenvalue weighted by Gasteiger charge is -2.23. The minimum atomic E-state index is 0.401. The van der Waals surface area contributed by atoms with E-state index in [0.717, 1.165) is 50.1 Å². The Balaban J connectivity index is 1.40. The molecule has 2 atom stereocenters. The molecule has 0 bridgehead atoms. The van der Waals surface area contributed by atoms with E-state index in [1.54, 1.807) is 0 Å². The largest absolute Gasteiger partial charge is 0.342 e. The van der Waals surface area contributed by atoms with Crippen molar-refractivity contribution in [3.8, 4) is 0 Å². The Morgan fingerprint density at radius 1 is 1.10 bits per heavy atom. The molecular formula is C18H29NO. The maximum absolute atomic E-state index is 12.4. The molecule has 0 aromatic carbocycles. The normalized spacial score (nSPS) is 28.9. The van der Waals surface area contributed by atoms with Crippen LogP contribution in [0.1, 0.15) is 58.3 Å². The van der Waals surface area contributed by atoms with Gasteiger partial charge in [-0.15, -0.1) is 0 Å². The van der Waals surface area contributed by atoms with Gasteiger partial charge in [-0.3, -0.25) is 4.79 Å². The second-order valence-corrected chi connectivity index (χ2v) is 7.17. The van der Waals surface area contributed by atoms with Gasteiger partial charge in [-0.2, -0.15) is 0 Å². The highest BCUT2D eigenvalue weighted by Crippen LogP contribution is 2.44. The van der Waals surface area contributed by atoms with Gasteiger partial charge in [-0.25, -0.2) is 0 Å². The minimum Gasteiger partial charge on any atom is -0.342 e. The summed E-state index contributed by atoms with van der Waals surface area (Å²) in [7, 11) is 0. The number of allylic oxidation sites excluding steroid dienone is 2. The van der Waals surface area contributed by atoms with E-state index in [4.69, 9.17) is 0 Å². The van der Waals surface area contributed by atoms with Gasteiger partial charge < -0.3 is 4.90 Å². The summed E-state index contributed by atoms with van der Waals surface area (Å²) in [5.41, 5.74) is 0. The summed E-state index contributed by atoms with van der Waals surface area (Å²) in [4.78, 5) is 14.6. The molecule has 3 aliphatic rings. The molecule has 0 aliphatic heterocycles. The van der Waals surface area contributed by atoms with E-state index in [9.17, 15) is 4.79 Å². The van der Waals surface area contributed by atoms with Crippen molar-refractivity contribution in [1.29, 1.82) is 0 Å². The molecule has 1 amide bonds. The summed E-state index contributed by atoms with van der Waals surface area (Å²) in [6.07, 6.45) is 14.7. The van der Waals surface area contributed by atoms with Gasteiger partial charge in [0.05, 0.1) is 0 Å². The van der Waals surface area contributed by atoms with E-state index < -0.39 is 0 Å². The molecule has 2 nitrogen and oxygen atoms in total. The molecule has 112 valence electrons. The first-order valence-electron chi connectivity index (χ1n) is 8.71. The molecule has 0 heterocycles.